The summed E-state index contributed by atoms with van der Waals surface area (Å²) in [6, 6.07) is 12.8. The number of amides is 1. The molecule has 1 aromatic carbocycles. The minimum absolute atomic E-state index is 0.0924. The van der Waals surface area contributed by atoms with Crippen LogP contribution in [0, 0.1) is 0 Å². The van der Waals surface area contributed by atoms with E-state index in [0.717, 1.165) is 17.0 Å². The highest BCUT2D eigenvalue weighted by atomic mass is 16.5. The molecule has 8 nitrogen and oxygen atoms in total. The highest BCUT2D eigenvalue weighted by molar-refractivity contribution is 5.95. The van der Waals surface area contributed by atoms with Gasteiger partial charge in [-0.05, 0) is 36.4 Å². The molecule has 0 aliphatic carbocycles. The molecule has 0 unspecified atom stereocenters. The van der Waals surface area contributed by atoms with Crippen LogP contribution in [0.4, 0.5) is 17.3 Å². The van der Waals surface area contributed by atoms with Crippen LogP contribution < -0.4 is 20.3 Å². The topological polar surface area (TPSA) is 92.3 Å². The minimum Gasteiger partial charge on any atom is -0.497 e. The number of ether oxygens (including phenoxy) is 1. The van der Waals surface area contributed by atoms with Crippen molar-refractivity contribution in [1.82, 2.24) is 15.0 Å². The van der Waals surface area contributed by atoms with Crippen molar-refractivity contribution in [2.75, 3.05) is 43.3 Å². The summed E-state index contributed by atoms with van der Waals surface area (Å²) >= 11 is 0. The average molecular weight is 378 g/mol. The first-order valence-electron chi connectivity index (χ1n) is 8.72. The van der Waals surface area contributed by atoms with Crippen LogP contribution in [0.25, 0.3) is 11.4 Å². The zero-order valence-electron chi connectivity index (χ0n) is 16.0. The van der Waals surface area contributed by atoms with Gasteiger partial charge in [-0.1, -0.05) is 0 Å². The third-order valence-corrected chi connectivity index (χ3v) is 4.16. The van der Waals surface area contributed by atoms with Gasteiger partial charge in [-0.3, -0.25) is 9.78 Å². The van der Waals surface area contributed by atoms with E-state index in [1.54, 1.807) is 44.6 Å². The van der Waals surface area contributed by atoms with Crippen LogP contribution in [-0.2, 0) is 4.79 Å². The molecule has 0 atom stereocenters. The second-order valence-corrected chi connectivity index (χ2v) is 5.96. The van der Waals surface area contributed by atoms with Gasteiger partial charge in [0.25, 0.3) is 0 Å². The van der Waals surface area contributed by atoms with Gasteiger partial charge in [-0.2, -0.15) is 0 Å². The van der Waals surface area contributed by atoms with E-state index in [1.165, 1.54) is 0 Å². The van der Waals surface area contributed by atoms with E-state index in [4.69, 9.17) is 4.74 Å². The molecule has 0 fully saturated rings. The quantitative estimate of drug-likeness (QED) is 0.653. The Hall–Kier alpha value is -3.68. The molecule has 0 aliphatic rings. The summed E-state index contributed by atoms with van der Waals surface area (Å²) in [5.74, 6) is 2.37. The first-order chi connectivity index (χ1) is 13.6. The smallest absolute Gasteiger partial charge is 0.246 e. The van der Waals surface area contributed by atoms with E-state index in [1.807, 2.05) is 36.4 Å². The summed E-state index contributed by atoms with van der Waals surface area (Å²) in [6.07, 6.45) is 3.39. The largest absolute Gasteiger partial charge is 0.497 e. The fourth-order valence-electron chi connectivity index (χ4n) is 2.52. The van der Waals surface area contributed by atoms with Gasteiger partial charge in [0.2, 0.25) is 5.91 Å². The molecule has 144 valence electrons. The Morgan fingerprint density at radius 3 is 2.54 bits per heavy atom. The Morgan fingerprint density at radius 1 is 1.14 bits per heavy atom. The van der Waals surface area contributed by atoms with E-state index in [-0.39, 0.29) is 12.5 Å². The standard InChI is InChI=1S/C20H22N6O2/c1-21-17-11-18(25-20(24-17)14-5-4-10-22-12-14)23-13-19(27)26(2)15-6-8-16(28-3)9-7-15/h4-12H,13H2,1-3H3,(H2,21,23,24,25). The van der Waals surface area contributed by atoms with Crippen molar-refractivity contribution in [3.05, 3.63) is 54.9 Å². The summed E-state index contributed by atoms with van der Waals surface area (Å²) in [7, 11) is 5.11. The number of hydrogen-bond donors (Lipinski definition) is 2. The highest BCUT2D eigenvalue weighted by Gasteiger charge is 2.12. The molecule has 0 radical (unpaired) electrons. The van der Waals surface area contributed by atoms with Crippen molar-refractivity contribution in [2.45, 2.75) is 0 Å². The third kappa shape index (κ3) is 4.53. The fourth-order valence-corrected chi connectivity index (χ4v) is 2.52. The zero-order chi connectivity index (χ0) is 19.9. The molecule has 28 heavy (non-hydrogen) atoms. The predicted molar refractivity (Wildman–Crippen MR) is 110 cm³/mol. The number of nitrogens with one attached hydrogen (secondary N) is 2. The summed E-state index contributed by atoms with van der Waals surface area (Å²) in [5.41, 5.74) is 1.58. The molecule has 3 aromatic rings. The lowest BCUT2D eigenvalue weighted by molar-refractivity contribution is -0.116. The van der Waals surface area contributed by atoms with E-state index >= 15 is 0 Å². The summed E-state index contributed by atoms with van der Waals surface area (Å²) in [6.45, 7) is 0.0924. The van der Waals surface area contributed by atoms with Crippen LogP contribution in [0.2, 0.25) is 0 Å². The number of carbonyl (C=O) groups excluding carboxylic acids is 1. The molecule has 0 saturated heterocycles. The monoisotopic (exact) mass is 378 g/mol. The Labute approximate surface area is 163 Å². The zero-order valence-corrected chi connectivity index (χ0v) is 16.0. The average Bonchev–Trinajstić information content (AvgIpc) is 2.77. The number of carbonyl (C=O) groups is 1. The van der Waals surface area contributed by atoms with Gasteiger partial charge in [0.05, 0.1) is 13.7 Å². The van der Waals surface area contributed by atoms with Crippen LogP contribution in [-0.4, -0.2) is 48.6 Å². The molecule has 0 saturated carbocycles. The van der Waals surface area contributed by atoms with Gasteiger partial charge in [-0.25, -0.2) is 9.97 Å². The molecule has 0 bridgehead atoms. The van der Waals surface area contributed by atoms with Gasteiger partial charge in [-0.15, -0.1) is 0 Å². The van der Waals surface area contributed by atoms with Gasteiger partial charge in [0.15, 0.2) is 5.82 Å². The molecule has 8 heteroatoms. The van der Waals surface area contributed by atoms with Crippen LogP contribution >= 0.6 is 0 Å². The first-order valence-corrected chi connectivity index (χ1v) is 8.72. The van der Waals surface area contributed by atoms with Crippen molar-refractivity contribution in [3.8, 4) is 17.1 Å². The number of rotatable bonds is 7. The SMILES string of the molecule is CNc1cc(NCC(=O)N(C)c2ccc(OC)cc2)nc(-c2cccnc2)n1. The van der Waals surface area contributed by atoms with E-state index in [9.17, 15) is 4.79 Å². The van der Waals surface area contributed by atoms with Crippen LogP contribution in [0.3, 0.4) is 0 Å². The number of hydrogen-bond acceptors (Lipinski definition) is 7. The number of methoxy groups -OCH3 is 1. The van der Waals surface area contributed by atoms with Crippen molar-refractivity contribution >= 4 is 23.2 Å². The number of nitrogens with zero attached hydrogens (tertiary/aromatic N) is 4. The van der Waals surface area contributed by atoms with Gasteiger partial charge >= 0.3 is 0 Å². The minimum atomic E-state index is -0.0993. The molecular weight excluding hydrogens is 356 g/mol. The number of benzene rings is 1. The lowest BCUT2D eigenvalue weighted by Gasteiger charge is -2.18. The Bertz CT molecular complexity index is 931. The molecule has 2 heterocycles. The molecule has 3 rings (SSSR count). The molecular formula is C20H22N6O2. The Balaban J connectivity index is 1.71. The normalized spacial score (nSPS) is 10.2. The maximum absolute atomic E-state index is 12.5. The molecule has 0 aliphatic heterocycles. The summed E-state index contributed by atoms with van der Waals surface area (Å²) in [5, 5.41) is 6.08. The molecule has 1 amide bonds. The molecule has 2 aromatic heterocycles. The molecule has 0 spiro atoms. The maximum Gasteiger partial charge on any atom is 0.246 e. The number of pyridine rings is 1. The highest BCUT2D eigenvalue weighted by Crippen LogP contribution is 2.20. The second-order valence-electron chi connectivity index (χ2n) is 5.96. The lowest BCUT2D eigenvalue weighted by Crippen LogP contribution is -2.32. The van der Waals surface area contributed by atoms with Crippen LogP contribution in [0.15, 0.2) is 54.9 Å². The van der Waals surface area contributed by atoms with Crippen LogP contribution in [0.1, 0.15) is 0 Å². The second kappa shape index (κ2) is 8.81. The number of likely N-dealkylation sites (N-methyl/N-ethyl adjacent to an activating group) is 1. The van der Waals surface area contributed by atoms with E-state index in [2.05, 4.69) is 25.6 Å². The Morgan fingerprint density at radius 2 is 1.89 bits per heavy atom. The van der Waals surface area contributed by atoms with Crippen molar-refractivity contribution < 1.29 is 9.53 Å². The predicted octanol–water partition coefficient (Wildman–Crippen LogP) is 2.66. The van der Waals surface area contributed by atoms with Crippen molar-refractivity contribution in [2.24, 2.45) is 0 Å². The number of aromatic nitrogens is 3. The molecule has 2 N–H and O–H groups in total. The van der Waals surface area contributed by atoms with E-state index in [0.29, 0.717) is 17.5 Å². The summed E-state index contributed by atoms with van der Waals surface area (Å²) < 4.78 is 5.14. The third-order valence-electron chi connectivity index (χ3n) is 4.16. The van der Waals surface area contributed by atoms with Gasteiger partial charge in [0, 0.05) is 43.8 Å². The van der Waals surface area contributed by atoms with E-state index < -0.39 is 0 Å². The summed E-state index contributed by atoms with van der Waals surface area (Å²) in [4.78, 5) is 27.1. The van der Waals surface area contributed by atoms with Crippen molar-refractivity contribution in [1.29, 1.82) is 0 Å². The van der Waals surface area contributed by atoms with Crippen LogP contribution in [0.5, 0.6) is 5.75 Å². The lowest BCUT2D eigenvalue weighted by atomic mass is 10.2. The Kier molecular flexibility index (Phi) is 6.01. The fraction of sp³-hybridized carbons (Fsp3) is 0.200. The number of anilines is 3. The van der Waals surface area contributed by atoms with Crippen molar-refractivity contribution in [3.63, 3.8) is 0 Å². The van der Waals surface area contributed by atoms with Gasteiger partial charge in [0.1, 0.15) is 17.4 Å². The van der Waals surface area contributed by atoms with Gasteiger partial charge < -0.3 is 20.3 Å². The first kappa shape index (κ1) is 19.1. The maximum atomic E-state index is 12.5.